The second-order valence-electron chi connectivity index (χ2n) is 4.52. The van der Waals surface area contributed by atoms with Crippen molar-refractivity contribution >= 4 is 35.4 Å². The van der Waals surface area contributed by atoms with E-state index in [9.17, 15) is 9.59 Å². The molecule has 0 saturated carbocycles. The van der Waals surface area contributed by atoms with Crippen LogP contribution in [0.5, 0.6) is 0 Å². The van der Waals surface area contributed by atoms with Gasteiger partial charge in [-0.15, -0.1) is 11.8 Å². The van der Waals surface area contributed by atoms with E-state index in [1.54, 1.807) is 6.07 Å². The Bertz CT molecular complexity index is 526. The van der Waals surface area contributed by atoms with Crippen molar-refractivity contribution < 1.29 is 14.7 Å². The normalized spacial score (nSPS) is 19.7. The molecule has 1 fully saturated rings. The van der Waals surface area contributed by atoms with Gasteiger partial charge in [0.2, 0.25) is 0 Å². The Morgan fingerprint density at radius 1 is 1.50 bits per heavy atom. The van der Waals surface area contributed by atoms with Gasteiger partial charge in [0.15, 0.2) is 0 Å². The van der Waals surface area contributed by atoms with Gasteiger partial charge in [-0.05, 0) is 18.6 Å². The number of carboxylic acids is 1. The quantitative estimate of drug-likeness (QED) is 0.899. The van der Waals surface area contributed by atoms with Gasteiger partial charge in [-0.25, -0.2) is 9.59 Å². The predicted molar refractivity (Wildman–Crippen MR) is 79.0 cm³/mol. The number of carboxylic acid groups (broad SMARTS) is 1. The Morgan fingerprint density at radius 3 is 2.85 bits per heavy atom. The molecule has 7 heteroatoms. The highest BCUT2D eigenvalue weighted by molar-refractivity contribution is 7.99. The Hall–Kier alpha value is -1.40. The molecule has 108 valence electrons. The van der Waals surface area contributed by atoms with Crippen molar-refractivity contribution in [2.45, 2.75) is 19.0 Å². The molecule has 0 aliphatic carbocycles. The van der Waals surface area contributed by atoms with Crippen molar-refractivity contribution in [3.63, 3.8) is 0 Å². The minimum Gasteiger partial charge on any atom is -0.480 e. The lowest BCUT2D eigenvalue weighted by molar-refractivity contribution is -0.140. The number of nitrogens with one attached hydrogen (secondary N) is 1. The zero-order valence-corrected chi connectivity index (χ0v) is 12.4. The maximum absolute atomic E-state index is 12.2. The summed E-state index contributed by atoms with van der Waals surface area (Å²) in [5, 5.41) is 12.4. The maximum atomic E-state index is 12.2. The molecule has 5 nitrogen and oxygen atoms in total. The van der Waals surface area contributed by atoms with Gasteiger partial charge < -0.3 is 15.3 Å². The maximum Gasteiger partial charge on any atom is 0.327 e. The number of rotatable bonds is 3. The fourth-order valence-corrected chi connectivity index (χ4v) is 3.46. The SMILES string of the molecule is CC(NC(=O)N1CSC[C@H]1C(=O)O)c1ccccc1Cl. The van der Waals surface area contributed by atoms with Gasteiger partial charge in [-0.1, -0.05) is 29.8 Å². The van der Waals surface area contributed by atoms with E-state index in [1.807, 2.05) is 25.1 Å². The molecule has 2 rings (SSSR count). The van der Waals surface area contributed by atoms with Gasteiger partial charge in [0, 0.05) is 10.8 Å². The van der Waals surface area contributed by atoms with Gasteiger partial charge in [0.25, 0.3) is 0 Å². The van der Waals surface area contributed by atoms with Crippen molar-refractivity contribution in [3.05, 3.63) is 34.9 Å². The van der Waals surface area contributed by atoms with Crippen molar-refractivity contribution in [2.75, 3.05) is 11.6 Å². The van der Waals surface area contributed by atoms with Gasteiger partial charge >= 0.3 is 12.0 Å². The number of amides is 2. The van der Waals surface area contributed by atoms with Crippen molar-refractivity contribution in [1.82, 2.24) is 10.2 Å². The fourth-order valence-electron chi connectivity index (χ4n) is 2.02. The summed E-state index contributed by atoms with van der Waals surface area (Å²) in [5.74, 6) is -0.170. The van der Waals surface area contributed by atoms with Crippen LogP contribution in [0.25, 0.3) is 0 Å². The molecule has 1 saturated heterocycles. The third kappa shape index (κ3) is 3.19. The number of aliphatic carboxylic acids is 1. The van der Waals surface area contributed by atoms with Gasteiger partial charge in [0.05, 0.1) is 11.9 Å². The van der Waals surface area contributed by atoms with Crippen LogP contribution < -0.4 is 5.32 Å². The summed E-state index contributed by atoms with van der Waals surface area (Å²) in [6.45, 7) is 1.82. The van der Waals surface area contributed by atoms with Crippen LogP contribution in [0.3, 0.4) is 0 Å². The van der Waals surface area contributed by atoms with E-state index in [2.05, 4.69) is 5.32 Å². The second-order valence-corrected chi connectivity index (χ2v) is 5.92. The first-order chi connectivity index (χ1) is 9.50. The summed E-state index contributed by atoms with van der Waals surface area (Å²) in [6.07, 6.45) is 0. The molecular formula is C13H15ClN2O3S. The van der Waals surface area contributed by atoms with E-state index in [0.717, 1.165) is 5.56 Å². The van der Waals surface area contributed by atoms with Crippen molar-refractivity contribution in [2.24, 2.45) is 0 Å². The van der Waals surface area contributed by atoms with Crippen LogP contribution in [0.1, 0.15) is 18.5 Å². The molecule has 20 heavy (non-hydrogen) atoms. The average Bonchev–Trinajstić information content (AvgIpc) is 2.88. The second kappa shape index (κ2) is 6.37. The molecule has 1 aliphatic rings. The Balaban J connectivity index is 2.04. The average molecular weight is 315 g/mol. The largest absolute Gasteiger partial charge is 0.480 e. The molecule has 1 aromatic rings. The van der Waals surface area contributed by atoms with E-state index in [4.69, 9.17) is 16.7 Å². The van der Waals surface area contributed by atoms with E-state index in [1.165, 1.54) is 16.7 Å². The zero-order valence-electron chi connectivity index (χ0n) is 10.9. The number of benzene rings is 1. The predicted octanol–water partition coefficient (Wildman–Crippen LogP) is 2.57. The third-order valence-corrected chi connectivity index (χ3v) is 4.50. The lowest BCUT2D eigenvalue weighted by Crippen LogP contribution is -2.47. The molecule has 1 heterocycles. The first-order valence-corrected chi connectivity index (χ1v) is 7.66. The third-order valence-electron chi connectivity index (χ3n) is 3.14. The fraction of sp³-hybridized carbons (Fsp3) is 0.385. The summed E-state index contributed by atoms with van der Waals surface area (Å²) in [5.41, 5.74) is 0.807. The molecule has 0 radical (unpaired) electrons. The number of hydrogen-bond donors (Lipinski definition) is 2. The molecule has 2 amide bonds. The first-order valence-electron chi connectivity index (χ1n) is 6.13. The van der Waals surface area contributed by atoms with Crippen molar-refractivity contribution in [3.8, 4) is 0 Å². The summed E-state index contributed by atoms with van der Waals surface area (Å²) < 4.78 is 0. The standard InChI is InChI=1S/C13H15ClN2O3S/c1-8(9-4-2-3-5-10(9)14)15-13(19)16-7-20-6-11(16)12(17)18/h2-5,8,11H,6-7H2,1H3,(H,15,19)(H,17,18)/t8?,11-/m0/s1. The minimum atomic E-state index is -0.976. The molecular weight excluding hydrogens is 300 g/mol. The number of carbonyl (C=O) groups is 2. The van der Waals surface area contributed by atoms with Crippen LogP contribution in [0, 0.1) is 0 Å². The summed E-state index contributed by atoms with van der Waals surface area (Å²) in [7, 11) is 0. The molecule has 0 spiro atoms. The molecule has 1 unspecified atom stereocenters. The van der Waals surface area contributed by atoms with Gasteiger partial charge in [-0.3, -0.25) is 0 Å². The first kappa shape index (κ1) is 15.0. The molecule has 0 bridgehead atoms. The Morgan fingerprint density at radius 2 is 2.20 bits per heavy atom. The highest BCUT2D eigenvalue weighted by atomic mass is 35.5. The summed E-state index contributed by atoms with van der Waals surface area (Å²) >= 11 is 7.51. The highest BCUT2D eigenvalue weighted by Crippen LogP contribution is 2.24. The number of thioether (sulfide) groups is 1. The van der Waals surface area contributed by atoms with Crippen LogP contribution in [0.4, 0.5) is 4.79 Å². The van der Waals surface area contributed by atoms with E-state index in [-0.39, 0.29) is 12.1 Å². The van der Waals surface area contributed by atoms with Crippen LogP contribution in [-0.4, -0.2) is 39.7 Å². The molecule has 0 aromatic heterocycles. The number of urea groups is 1. The summed E-state index contributed by atoms with van der Waals surface area (Å²) in [6, 6.07) is 5.82. The van der Waals surface area contributed by atoms with Crippen LogP contribution in [0.2, 0.25) is 5.02 Å². The molecule has 2 N–H and O–H groups in total. The van der Waals surface area contributed by atoms with Gasteiger partial charge in [0.1, 0.15) is 6.04 Å². The lowest BCUT2D eigenvalue weighted by atomic mass is 10.1. The molecule has 1 aliphatic heterocycles. The van der Waals surface area contributed by atoms with E-state index in [0.29, 0.717) is 16.7 Å². The Kier molecular flexibility index (Phi) is 4.77. The topological polar surface area (TPSA) is 69.6 Å². The zero-order chi connectivity index (χ0) is 14.7. The number of carbonyl (C=O) groups excluding carboxylic acids is 1. The number of halogens is 1. The van der Waals surface area contributed by atoms with E-state index < -0.39 is 12.0 Å². The molecule has 2 atom stereocenters. The van der Waals surface area contributed by atoms with Gasteiger partial charge in [-0.2, -0.15) is 0 Å². The van der Waals surface area contributed by atoms with Crippen LogP contribution >= 0.6 is 23.4 Å². The minimum absolute atomic E-state index is 0.281. The smallest absolute Gasteiger partial charge is 0.327 e. The van der Waals surface area contributed by atoms with Crippen LogP contribution in [-0.2, 0) is 4.79 Å². The number of nitrogens with zero attached hydrogens (tertiary/aromatic N) is 1. The number of hydrogen-bond acceptors (Lipinski definition) is 3. The summed E-state index contributed by atoms with van der Waals surface area (Å²) in [4.78, 5) is 24.6. The van der Waals surface area contributed by atoms with Crippen LogP contribution in [0.15, 0.2) is 24.3 Å². The lowest BCUT2D eigenvalue weighted by Gasteiger charge is -2.24. The van der Waals surface area contributed by atoms with Crippen molar-refractivity contribution in [1.29, 1.82) is 0 Å². The molecule has 1 aromatic carbocycles. The van der Waals surface area contributed by atoms with E-state index >= 15 is 0 Å². The Labute approximate surface area is 126 Å². The monoisotopic (exact) mass is 314 g/mol. The highest BCUT2D eigenvalue weighted by Gasteiger charge is 2.35.